The Hall–Kier alpha value is -2.18. The highest BCUT2D eigenvalue weighted by molar-refractivity contribution is 7.92. The van der Waals surface area contributed by atoms with Gasteiger partial charge in [-0.25, -0.2) is 8.42 Å². The molecule has 2 aromatic rings. The van der Waals surface area contributed by atoms with Crippen molar-refractivity contribution in [2.24, 2.45) is 5.73 Å². The zero-order valence-corrected chi connectivity index (χ0v) is 14.2. The summed E-state index contributed by atoms with van der Waals surface area (Å²) in [5, 5.41) is 8.36. The van der Waals surface area contributed by atoms with E-state index >= 15 is 0 Å². The van der Waals surface area contributed by atoms with Gasteiger partial charge >= 0.3 is 5.97 Å². The monoisotopic (exact) mass is 345 g/mol. The second kappa shape index (κ2) is 5.43. The van der Waals surface area contributed by atoms with Gasteiger partial charge in [0.05, 0.1) is 4.90 Å². The maximum atomic E-state index is 12.9. The largest absolute Gasteiger partial charge is 0.480 e. The van der Waals surface area contributed by atoms with Gasteiger partial charge in [0, 0.05) is 5.92 Å². The maximum Gasteiger partial charge on any atom is 0.325 e. The average molecular weight is 345 g/mol. The van der Waals surface area contributed by atoms with Crippen molar-refractivity contribution in [3.63, 3.8) is 0 Å². The number of aryl methyl sites for hydroxylation is 2. The molecular weight excluding hydrogens is 326 g/mol. The third-order valence-electron chi connectivity index (χ3n) is 4.67. The van der Waals surface area contributed by atoms with Crippen LogP contribution in [0.4, 0.5) is 0 Å². The lowest BCUT2D eigenvalue weighted by atomic mass is 10.1. The fraction of sp³-hybridized carbons (Fsp3) is 0.278. The number of aliphatic carboxylic acids is 1. The van der Waals surface area contributed by atoms with Crippen molar-refractivity contribution < 1.29 is 18.3 Å². The molecule has 0 unspecified atom stereocenters. The number of hydrogen-bond acceptors (Lipinski definition) is 4. The Kier molecular flexibility index (Phi) is 3.77. The first-order valence-electron chi connectivity index (χ1n) is 7.58. The molecule has 0 spiro atoms. The Labute approximate surface area is 141 Å². The van der Waals surface area contributed by atoms with Gasteiger partial charge in [0.2, 0.25) is 0 Å². The second-order valence-electron chi connectivity index (χ2n) is 6.41. The van der Waals surface area contributed by atoms with E-state index in [1.807, 2.05) is 26.0 Å². The summed E-state index contributed by atoms with van der Waals surface area (Å²) < 4.78 is 25.9. The summed E-state index contributed by atoms with van der Waals surface area (Å²) in [4.78, 5) is 11.8. The molecule has 1 fully saturated rings. The van der Waals surface area contributed by atoms with Gasteiger partial charge in [-0.2, -0.15) is 0 Å². The van der Waals surface area contributed by atoms with E-state index in [-0.39, 0.29) is 4.90 Å². The number of sulfone groups is 1. The minimum Gasteiger partial charge on any atom is -0.480 e. The number of carboxylic acid groups (broad SMARTS) is 1. The number of rotatable bonds is 4. The topological polar surface area (TPSA) is 97.5 Å². The molecule has 0 saturated heterocycles. The van der Waals surface area contributed by atoms with Crippen LogP contribution in [0.15, 0.2) is 53.4 Å². The molecule has 3 N–H and O–H groups in total. The smallest absolute Gasteiger partial charge is 0.325 e. The molecule has 0 heterocycles. The van der Waals surface area contributed by atoms with E-state index in [2.05, 4.69) is 0 Å². The summed E-state index contributed by atoms with van der Waals surface area (Å²) in [6, 6.07) is 13.5. The first-order valence-corrected chi connectivity index (χ1v) is 9.13. The van der Waals surface area contributed by atoms with Gasteiger partial charge < -0.3 is 10.8 Å². The highest BCUT2D eigenvalue weighted by Gasteiger charge is 2.74. The van der Waals surface area contributed by atoms with Gasteiger partial charge in [-0.1, -0.05) is 47.5 Å². The van der Waals surface area contributed by atoms with Crippen LogP contribution in [0.25, 0.3) is 0 Å². The van der Waals surface area contributed by atoms with E-state index in [0.717, 1.165) is 11.1 Å². The summed E-state index contributed by atoms with van der Waals surface area (Å²) in [7, 11) is -3.85. The molecule has 0 radical (unpaired) electrons. The summed E-state index contributed by atoms with van der Waals surface area (Å²) in [5.41, 5.74) is 6.78. The summed E-state index contributed by atoms with van der Waals surface area (Å²) in [6.07, 6.45) is 0. The second-order valence-corrected chi connectivity index (χ2v) is 8.47. The van der Waals surface area contributed by atoms with Crippen molar-refractivity contribution in [2.45, 2.75) is 35.4 Å². The van der Waals surface area contributed by atoms with Crippen LogP contribution in [0.3, 0.4) is 0 Å². The van der Waals surface area contributed by atoms with E-state index in [0.29, 0.717) is 5.56 Å². The molecule has 3 rings (SSSR count). The van der Waals surface area contributed by atoms with E-state index < -0.39 is 32.5 Å². The van der Waals surface area contributed by atoms with Crippen molar-refractivity contribution in [1.29, 1.82) is 0 Å². The van der Waals surface area contributed by atoms with Crippen molar-refractivity contribution >= 4 is 15.8 Å². The first kappa shape index (κ1) is 16.7. The van der Waals surface area contributed by atoms with Crippen molar-refractivity contribution in [3.05, 3.63) is 65.2 Å². The minimum absolute atomic E-state index is 0.101. The Bertz CT molecular complexity index is 888. The molecule has 1 aliphatic carbocycles. The van der Waals surface area contributed by atoms with E-state index in [1.165, 1.54) is 12.1 Å². The maximum absolute atomic E-state index is 12.9. The summed E-state index contributed by atoms with van der Waals surface area (Å²) in [6.45, 7) is 3.76. The van der Waals surface area contributed by atoms with Gasteiger partial charge in [0.15, 0.2) is 9.84 Å². The normalized spacial score (nSPS) is 26.1. The Balaban J connectivity index is 2.06. The molecule has 1 aliphatic rings. The molecule has 0 amide bonds. The highest BCUT2D eigenvalue weighted by Crippen LogP contribution is 2.55. The number of carbonyl (C=O) groups is 1. The Morgan fingerprint density at radius 2 is 1.46 bits per heavy atom. The van der Waals surface area contributed by atoms with Crippen LogP contribution in [-0.4, -0.2) is 30.3 Å². The molecule has 24 heavy (non-hydrogen) atoms. The number of nitrogens with two attached hydrogens (primary N) is 1. The highest BCUT2D eigenvalue weighted by atomic mass is 32.2. The molecule has 3 atom stereocenters. The molecule has 6 heteroatoms. The average Bonchev–Trinajstić information content (AvgIpc) is 3.17. The fourth-order valence-electron chi connectivity index (χ4n) is 3.16. The van der Waals surface area contributed by atoms with Gasteiger partial charge in [-0.3, -0.25) is 4.79 Å². The predicted octanol–water partition coefficient (Wildman–Crippen LogP) is 2.03. The van der Waals surface area contributed by atoms with Crippen molar-refractivity contribution in [2.75, 3.05) is 0 Å². The number of benzene rings is 2. The number of hydrogen-bond donors (Lipinski definition) is 2. The zero-order valence-electron chi connectivity index (χ0n) is 13.4. The lowest BCUT2D eigenvalue weighted by Gasteiger charge is -2.07. The zero-order chi connectivity index (χ0) is 17.7. The van der Waals surface area contributed by atoms with Gasteiger partial charge in [0.25, 0.3) is 0 Å². The van der Waals surface area contributed by atoms with Crippen LogP contribution < -0.4 is 5.73 Å². The predicted molar refractivity (Wildman–Crippen MR) is 90.6 cm³/mol. The molecular formula is C18H19NO4S. The van der Waals surface area contributed by atoms with Gasteiger partial charge in [0.1, 0.15) is 10.8 Å². The van der Waals surface area contributed by atoms with Crippen molar-refractivity contribution in [1.82, 2.24) is 0 Å². The third kappa shape index (κ3) is 2.42. The lowest BCUT2D eigenvalue weighted by molar-refractivity contribution is -0.139. The molecule has 2 aromatic carbocycles. The van der Waals surface area contributed by atoms with Gasteiger partial charge in [-0.15, -0.1) is 0 Å². The van der Waals surface area contributed by atoms with Crippen LogP contribution in [0.5, 0.6) is 0 Å². The van der Waals surface area contributed by atoms with Crippen LogP contribution in [0.1, 0.15) is 22.6 Å². The molecule has 0 bridgehead atoms. The van der Waals surface area contributed by atoms with Gasteiger partial charge in [-0.05, 0) is 31.5 Å². The Morgan fingerprint density at radius 1 is 1.00 bits per heavy atom. The standard InChI is InChI=1S/C18H19NO4S/c1-11-3-7-13(8-4-11)15-16(18(15,19)17(20)21)24(22,23)14-9-5-12(2)6-10-14/h3-10,15-16H,19H2,1-2H3,(H,20,21)/t15-,16+,18-/m1/s1. The van der Waals surface area contributed by atoms with Crippen molar-refractivity contribution in [3.8, 4) is 0 Å². The first-order chi connectivity index (χ1) is 11.2. The number of carboxylic acids is 1. The molecule has 1 saturated carbocycles. The van der Waals surface area contributed by atoms with Crippen LogP contribution in [0, 0.1) is 13.8 Å². The molecule has 0 aromatic heterocycles. The Morgan fingerprint density at radius 3 is 1.92 bits per heavy atom. The lowest BCUT2D eigenvalue weighted by Crippen LogP contribution is -2.39. The van der Waals surface area contributed by atoms with Crippen LogP contribution in [0.2, 0.25) is 0 Å². The van der Waals surface area contributed by atoms with Crippen LogP contribution in [-0.2, 0) is 14.6 Å². The quantitative estimate of drug-likeness (QED) is 0.883. The minimum atomic E-state index is -3.85. The van der Waals surface area contributed by atoms with Crippen LogP contribution >= 0.6 is 0 Å². The SMILES string of the molecule is Cc1ccc([C@@H]2[C@H](S(=O)(=O)c3ccc(C)cc3)[C@@]2(N)C(=O)O)cc1. The molecule has 5 nitrogen and oxygen atoms in total. The van der Waals surface area contributed by atoms with E-state index in [9.17, 15) is 18.3 Å². The van der Waals surface area contributed by atoms with E-state index in [4.69, 9.17) is 5.73 Å². The molecule has 0 aliphatic heterocycles. The third-order valence-corrected chi connectivity index (χ3v) is 6.93. The fourth-order valence-corrected chi connectivity index (χ4v) is 5.40. The summed E-state index contributed by atoms with van der Waals surface area (Å²) in [5.74, 6) is -2.06. The molecule has 126 valence electrons. The summed E-state index contributed by atoms with van der Waals surface area (Å²) >= 11 is 0. The van der Waals surface area contributed by atoms with E-state index in [1.54, 1.807) is 24.3 Å².